The van der Waals surface area contributed by atoms with Crippen LogP contribution in [0.25, 0.3) is 0 Å². The Balaban J connectivity index is 1.77. The zero-order valence-corrected chi connectivity index (χ0v) is 14.1. The summed E-state index contributed by atoms with van der Waals surface area (Å²) in [6.45, 7) is 4.55. The Hall–Kier alpha value is -2.50. The first kappa shape index (κ1) is 18.8. The Bertz CT molecular complexity index is 704. The number of nitrogens with one attached hydrogen (secondary N) is 1. The third-order valence-corrected chi connectivity index (χ3v) is 3.73. The molecule has 6 heteroatoms. The molecule has 0 saturated heterocycles. The molecule has 0 bridgehead atoms. The lowest BCUT2D eigenvalue weighted by atomic mass is 10.1. The van der Waals surface area contributed by atoms with E-state index in [1.165, 1.54) is 12.1 Å². The van der Waals surface area contributed by atoms with Crippen molar-refractivity contribution in [1.82, 2.24) is 5.32 Å². The van der Waals surface area contributed by atoms with Crippen molar-refractivity contribution in [3.63, 3.8) is 0 Å². The van der Waals surface area contributed by atoms with Crippen molar-refractivity contribution in [1.29, 1.82) is 0 Å². The summed E-state index contributed by atoms with van der Waals surface area (Å²) < 4.78 is 43.2. The highest BCUT2D eigenvalue weighted by Crippen LogP contribution is 2.29. The molecule has 0 aliphatic heterocycles. The van der Waals surface area contributed by atoms with E-state index in [1.807, 2.05) is 32.0 Å². The van der Waals surface area contributed by atoms with E-state index in [1.54, 1.807) is 0 Å². The van der Waals surface area contributed by atoms with Crippen molar-refractivity contribution in [2.24, 2.45) is 0 Å². The molecule has 0 saturated carbocycles. The molecule has 0 atom stereocenters. The molecule has 0 fully saturated rings. The highest BCUT2D eigenvalue weighted by Gasteiger charge is 2.29. The fourth-order valence-corrected chi connectivity index (χ4v) is 2.43. The lowest BCUT2D eigenvalue weighted by Gasteiger charge is -2.12. The minimum absolute atomic E-state index is 0.0293. The SMILES string of the molecule is Cc1cccc(C)c1OCCNC(=O)Cc1ccc(C(F)(F)F)cc1. The molecular formula is C19H20F3NO2. The van der Waals surface area contributed by atoms with Gasteiger partial charge in [0.05, 0.1) is 18.5 Å². The second-order valence-electron chi connectivity index (χ2n) is 5.79. The molecule has 0 aliphatic carbocycles. The number of alkyl halides is 3. The predicted molar refractivity (Wildman–Crippen MR) is 89.6 cm³/mol. The summed E-state index contributed by atoms with van der Waals surface area (Å²) in [6, 6.07) is 10.4. The normalized spacial score (nSPS) is 11.2. The Morgan fingerprint density at radius 2 is 1.64 bits per heavy atom. The molecule has 2 aromatic rings. The Labute approximate surface area is 144 Å². The maximum atomic E-state index is 12.5. The van der Waals surface area contributed by atoms with Crippen LogP contribution in [0.4, 0.5) is 13.2 Å². The van der Waals surface area contributed by atoms with E-state index in [0.29, 0.717) is 18.7 Å². The smallest absolute Gasteiger partial charge is 0.416 e. The fraction of sp³-hybridized carbons (Fsp3) is 0.316. The molecule has 0 aromatic heterocycles. The van der Waals surface area contributed by atoms with Gasteiger partial charge in [0, 0.05) is 0 Å². The Morgan fingerprint density at radius 3 is 2.20 bits per heavy atom. The first-order chi connectivity index (χ1) is 11.8. The Kier molecular flexibility index (Phi) is 6.07. The van der Waals surface area contributed by atoms with Crippen LogP contribution < -0.4 is 10.1 Å². The van der Waals surface area contributed by atoms with Crippen molar-refractivity contribution in [3.8, 4) is 5.75 Å². The third-order valence-electron chi connectivity index (χ3n) is 3.73. The van der Waals surface area contributed by atoms with Crippen LogP contribution in [0.5, 0.6) is 5.75 Å². The van der Waals surface area contributed by atoms with E-state index >= 15 is 0 Å². The number of carbonyl (C=O) groups is 1. The fourth-order valence-electron chi connectivity index (χ4n) is 2.43. The average molecular weight is 351 g/mol. The summed E-state index contributed by atoms with van der Waals surface area (Å²) in [5.74, 6) is 0.546. The molecule has 3 nitrogen and oxygen atoms in total. The zero-order chi connectivity index (χ0) is 18.4. The number of carbonyl (C=O) groups excluding carboxylic acids is 1. The number of amides is 1. The molecular weight excluding hydrogens is 331 g/mol. The van der Waals surface area contributed by atoms with Crippen LogP contribution in [0.1, 0.15) is 22.3 Å². The maximum Gasteiger partial charge on any atom is 0.416 e. The van der Waals surface area contributed by atoms with E-state index < -0.39 is 11.7 Å². The maximum absolute atomic E-state index is 12.5. The molecule has 0 unspecified atom stereocenters. The molecule has 0 spiro atoms. The van der Waals surface area contributed by atoms with Crippen molar-refractivity contribution in [2.75, 3.05) is 13.2 Å². The van der Waals surface area contributed by atoms with E-state index in [-0.39, 0.29) is 12.3 Å². The van der Waals surface area contributed by atoms with Gasteiger partial charge in [0.2, 0.25) is 5.91 Å². The molecule has 1 amide bonds. The van der Waals surface area contributed by atoms with Gasteiger partial charge in [-0.2, -0.15) is 13.2 Å². The molecule has 2 rings (SSSR count). The molecule has 0 heterocycles. The standard InChI is InChI=1S/C19H20F3NO2/c1-13-4-3-5-14(2)18(13)25-11-10-23-17(24)12-15-6-8-16(9-7-15)19(20,21)22/h3-9H,10-12H2,1-2H3,(H,23,24). The Morgan fingerprint density at radius 1 is 1.04 bits per heavy atom. The number of aryl methyl sites for hydroxylation is 2. The van der Waals surface area contributed by atoms with E-state index in [4.69, 9.17) is 4.74 Å². The van der Waals surface area contributed by atoms with Crippen LogP contribution in [0.15, 0.2) is 42.5 Å². The molecule has 0 radical (unpaired) electrons. The van der Waals surface area contributed by atoms with Crippen LogP contribution >= 0.6 is 0 Å². The van der Waals surface area contributed by atoms with Crippen LogP contribution in [0, 0.1) is 13.8 Å². The predicted octanol–water partition coefficient (Wildman–Crippen LogP) is 4.06. The highest BCUT2D eigenvalue weighted by atomic mass is 19.4. The minimum Gasteiger partial charge on any atom is -0.491 e. The second-order valence-corrected chi connectivity index (χ2v) is 5.79. The highest BCUT2D eigenvalue weighted by molar-refractivity contribution is 5.78. The molecule has 1 N–H and O–H groups in total. The molecule has 2 aromatic carbocycles. The van der Waals surface area contributed by atoms with Gasteiger partial charge in [-0.15, -0.1) is 0 Å². The van der Waals surface area contributed by atoms with Crippen molar-refractivity contribution < 1.29 is 22.7 Å². The average Bonchev–Trinajstić information content (AvgIpc) is 2.53. The number of hydrogen-bond donors (Lipinski definition) is 1. The summed E-state index contributed by atoms with van der Waals surface area (Å²) in [5, 5.41) is 2.70. The third kappa shape index (κ3) is 5.52. The number of halogens is 3. The number of benzene rings is 2. The van der Waals surface area contributed by atoms with E-state index in [9.17, 15) is 18.0 Å². The van der Waals surface area contributed by atoms with Gasteiger partial charge in [-0.25, -0.2) is 0 Å². The monoisotopic (exact) mass is 351 g/mol. The van der Waals surface area contributed by atoms with Gasteiger partial charge >= 0.3 is 6.18 Å². The first-order valence-corrected chi connectivity index (χ1v) is 7.89. The summed E-state index contributed by atoms with van der Waals surface area (Å²) in [6.07, 6.45) is -4.34. The van der Waals surface area contributed by atoms with E-state index in [2.05, 4.69) is 5.32 Å². The second kappa shape index (κ2) is 8.05. The van der Waals surface area contributed by atoms with E-state index in [0.717, 1.165) is 29.0 Å². The van der Waals surface area contributed by atoms with Gasteiger partial charge in [-0.3, -0.25) is 4.79 Å². The summed E-state index contributed by atoms with van der Waals surface area (Å²) in [5.41, 5.74) is 1.85. The lowest BCUT2D eigenvalue weighted by molar-refractivity contribution is -0.137. The van der Waals surface area contributed by atoms with Gasteiger partial charge in [-0.05, 0) is 42.7 Å². The van der Waals surface area contributed by atoms with Crippen LogP contribution in [-0.2, 0) is 17.4 Å². The summed E-state index contributed by atoms with van der Waals surface area (Å²) in [7, 11) is 0. The number of para-hydroxylation sites is 1. The van der Waals surface area contributed by atoms with Crippen molar-refractivity contribution in [2.45, 2.75) is 26.4 Å². The molecule has 0 aliphatic rings. The van der Waals surface area contributed by atoms with Gasteiger partial charge < -0.3 is 10.1 Å². The number of hydrogen-bond acceptors (Lipinski definition) is 2. The molecule has 25 heavy (non-hydrogen) atoms. The van der Waals surface area contributed by atoms with Crippen molar-refractivity contribution >= 4 is 5.91 Å². The van der Waals surface area contributed by atoms with Crippen LogP contribution in [-0.4, -0.2) is 19.1 Å². The van der Waals surface area contributed by atoms with Gasteiger partial charge in [0.25, 0.3) is 0 Å². The van der Waals surface area contributed by atoms with Gasteiger partial charge in [-0.1, -0.05) is 30.3 Å². The van der Waals surface area contributed by atoms with Gasteiger partial charge in [0.15, 0.2) is 0 Å². The number of ether oxygens (including phenoxy) is 1. The summed E-state index contributed by atoms with van der Waals surface area (Å²) >= 11 is 0. The quantitative estimate of drug-likeness (QED) is 0.797. The van der Waals surface area contributed by atoms with Crippen LogP contribution in [0.3, 0.4) is 0 Å². The first-order valence-electron chi connectivity index (χ1n) is 7.89. The van der Waals surface area contributed by atoms with Crippen LogP contribution in [0.2, 0.25) is 0 Å². The summed E-state index contributed by atoms with van der Waals surface area (Å²) in [4.78, 5) is 11.9. The lowest BCUT2D eigenvalue weighted by Crippen LogP contribution is -2.29. The van der Waals surface area contributed by atoms with Gasteiger partial charge in [0.1, 0.15) is 12.4 Å². The minimum atomic E-state index is -4.37. The zero-order valence-electron chi connectivity index (χ0n) is 14.1. The van der Waals surface area contributed by atoms with Crippen molar-refractivity contribution in [3.05, 3.63) is 64.7 Å². The largest absolute Gasteiger partial charge is 0.491 e. The topological polar surface area (TPSA) is 38.3 Å². The number of rotatable bonds is 6. The molecule has 134 valence electrons.